The number of carboxylic acid groups (broad SMARTS) is 1. The molecule has 83 heavy (non-hydrogen) atoms. The first-order valence-corrected chi connectivity index (χ1v) is 36.5. The number of ether oxygens (including phenoxy) is 4. The van der Waals surface area contributed by atoms with Gasteiger partial charge in [0.2, 0.25) is 0 Å². The Morgan fingerprint density at radius 3 is 0.892 bits per heavy atom. The van der Waals surface area contributed by atoms with Crippen molar-refractivity contribution in [2.75, 3.05) is 47.5 Å². The Labute approximate surface area is 516 Å². The lowest BCUT2D eigenvalue weighted by molar-refractivity contribution is -0.870. The molecule has 0 saturated heterocycles. The van der Waals surface area contributed by atoms with Gasteiger partial charge in [-0.15, -0.1) is 0 Å². The lowest BCUT2D eigenvalue weighted by Gasteiger charge is -2.26. The molecular weight excluding hydrogens is 1030 g/mol. The zero-order chi connectivity index (χ0) is 60.5. The van der Waals surface area contributed by atoms with E-state index in [1.165, 1.54) is 308 Å². The second-order valence-electron chi connectivity index (χ2n) is 26.2. The van der Waals surface area contributed by atoms with Gasteiger partial charge in [-0.25, -0.2) is 0 Å². The first-order chi connectivity index (χ1) is 40.6. The van der Waals surface area contributed by atoms with Crippen molar-refractivity contribution in [3.8, 4) is 0 Å². The molecule has 0 aliphatic heterocycles. The average Bonchev–Trinajstić information content (AvgIpc) is 3.46. The number of unbranched alkanes of at least 4 members (excludes halogenated alkanes) is 50. The molecule has 0 aromatic heterocycles. The smallest absolute Gasteiger partial charge is 0.306 e. The van der Waals surface area contributed by atoms with E-state index >= 15 is 0 Å². The third-order valence-electron chi connectivity index (χ3n) is 16.7. The van der Waals surface area contributed by atoms with E-state index in [-0.39, 0.29) is 32.2 Å². The van der Waals surface area contributed by atoms with E-state index in [0.29, 0.717) is 17.4 Å². The second kappa shape index (κ2) is 65.7. The van der Waals surface area contributed by atoms with Crippen molar-refractivity contribution in [2.45, 2.75) is 386 Å². The highest BCUT2D eigenvalue weighted by molar-refractivity contribution is 5.70. The number of aliphatic carboxylic acids is 1. The predicted molar refractivity (Wildman–Crippen MR) is 353 cm³/mol. The van der Waals surface area contributed by atoms with Gasteiger partial charge in [0, 0.05) is 12.8 Å². The van der Waals surface area contributed by atoms with Crippen LogP contribution in [0.5, 0.6) is 0 Å². The fourth-order valence-corrected chi connectivity index (χ4v) is 11.1. The molecule has 0 N–H and O–H groups in total. The Morgan fingerprint density at radius 2 is 0.614 bits per heavy atom. The number of esters is 2. The highest BCUT2D eigenvalue weighted by atomic mass is 16.7. The lowest BCUT2D eigenvalue weighted by Crippen LogP contribution is -2.44. The molecule has 0 fully saturated rings. The normalized spacial score (nSPS) is 12.7. The van der Waals surface area contributed by atoms with Crippen molar-refractivity contribution in [1.82, 2.24) is 0 Å². The van der Waals surface area contributed by atoms with Gasteiger partial charge in [-0.3, -0.25) is 9.59 Å². The molecule has 0 amide bonds. The van der Waals surface area contributed by atoms with Gasteiger partial charge in [0.1, 0.15) is 13.2 Å². The summed E-state index contributed by atoms with van der Waals surface area (Å²) in [6, 6.07) is 0. The number of carbonyl (C=O) groups is 3. The van der Waals surface area contributed by atoms with Crippen LogP contribution in [-0.2, 0) is 33.3 Å². The number of hydrogen-bond acceptors (Lipinski definition) is 8. The average molecular weight is 1170 g/mol. The van der Waals surface area contributed by atoms with E-state index in [1.807, 2.05) is 21.1 Å². The molecule has 0 saturated carbocycles. The molecule has 0 radical (unpaired) electrons. The fourth-order valence-electron chi connectivity index (χ4n) is 11.1. The molecule has 9 heteroatoms. The van der Waals surface area contributed by atoms with Crippen LogP contribution in [0, 0.1) is 0 Å². The minimum absolute atomic E-state index is 0.151. The third-order valence-corrected chi connectivity index (χ3v) is 16.7. The van der Waals surface area contributed by atoms with Crippen molar-refractivity contribution in [1.29, 1.82) is 0 Å². The van der Waals surface area contributed by atoms with E-state index in [9.17, 15) is 19.5 Å². The monoisotopic (exact) mass is 1170 g/mol. The maximum absolute atomic E-state index is 12.9. The number of rotatable bonds is 69. The maximum atomic E-state index is 12.9. The Hall–Kier alpha value is -2.23. The van der Waals surface area contributed by atoms with Gasteiger partial charge >= 0.3 is 11.9 Å². The van der Waals surface area contributed by atoms with Gasteiger partial charge in [0.05, 0.1) is 40.3 Å². The molecule has 9 nitrogen and oxygen atoms in total. The van der Waals surface area contributed by atoms with Crippen LogP contribution in [0.4, 0.5) is 0 Å². The van der Waals surface area contributed by atoms with E-state index in [1.54, 1.807) is 0 Å². The van der Waals surface area contributed by atoms with Crippen LogP contribution in [0.1, 0.15) is 373 Å². The number of quaternary nitrogens is 1. The minimum atomic E-state index is -1.62. The summed E-state index contributed by atoms with van der Waals surface area (Å²) in [5.74, 6) is -2.25. The van der Waals surface area contributed by atoms with E-state index < -0.39 is 24.3 Å². The first-order valence-electron chi connectivity index (χ1n) is 36.5. The molecule has 490 valence electrons. The summed E-state index contributed by atoms with van der Waals surface area (Å²) < 4.78 is 22.8. The second-order valence-corrected chi connectivity index (χ2v) is 26.2. The van der Waals surface area contributed by atoms with Gasteiger partial charge < -0.3 is 33.3 Å². The van der Waals surface area contributed by atoms with E-state index in [0.717, 1.165) is 38.5 Å². The molecule has 2 atom stereocenters. The van der Waals surface area contributed by atoms with Crippen molar-refractivity contribution >= 4 is 17.9 Å². The molecule has 0 bridgehead atoms. The number of likely N-dealkylation sites (N-methyl/N-ethyl adjacent to an activating group) is 1. The molecule has 0 aliphatic carbocycles. The molecule has 0 heterocycles. The molecule has 0 aliphatic rings. The number of nitrogens with zero attached hydrogens (tertiary/aromatic N) is 1. The Bertz CT molecular complexity index is 1410. The molecule has 0 rings (SSSR count). The van der Waals surface area contributed by atoms with Crippen LogP contribution in [-0.4, -0.2) is 82.3 Å². The van der Waals surface area contributed by atoms with Crippen LogP contribution < -0.4 is 5.11 Å². The Balaban J connectivity index is 4.04. The highest BCUT2D eigenvalue weighted by Crippen LogP contribution is 2.19. The highest BCUT2D eigenvalue weighted by Gasteiger charge is 2.22. The van der Waals surface area contributed by atoms with Crippen molar-refractivity contribution in [2.24, 2.45) is 0 Å². The Kier molecular flexibility index (Phi) is 64.0. The van der Waals surface area contributed by atoms with Gasteiger partial charge in [0.25, 0.3) is 0 Å². The SMILES string of the molecule is CCCCCCCCCC/C=C\CCCCCCCCCCCCCCCCCCCCCC(=O)OC(COC(=O)CCCCCCCCCCCCCCCCC/C=C\CCCCCCCCCC)COC(OCC[N+](C)(C)C)C(=O)[O-]. The van der Waals surface area contributed by atoms with Crippen LogP contribution in [0.2, 0.25) is 0 Å². The fraction of sp³-hybridized carbons (Fsp3) is 0.905. The van der Waals surface area contributed by atoms with E-state index in [4.69, 9.17) is 18.9 Å². The first kappa shape index (κ1) is 80.8. The van der Waals surface area contributed by atoms with Gasteiger partial charge in [-0.05, 0) is 64.2 Å². The molecular formula is C74H141NO8. The van der Waals surface area contributed by atoms with Crippen molar-refractivity contribution in [3.63, 3.8) is 0 Å². The van der Waals surface area contributed by atoms with Gasteiger partial charge in [-0.1, -0.05) is 321 Å². The van der Waals surface area contributed by atoms with Crippen LogP contribution >= 0.6 is 0 Å². The maximum Gasteiger partial charge on any atom is 0.306 e. The topological polar surface area (TPSA) is 111 Å². The number of hydrogen-bond donors (Lipinski definition) is 0. The minimum Gasteiger partial charge on any atom is -0.545 e. The van der Waals surface area contributed by atoms with Crippen LogP contribution in [0.25, 0.3) is 0 Å². The quantitative estimate of drug-likeness (QED) is 0.0195. The van der Waals surface area contributed by atoms with Crippen LogP contribution in [0.3, 0.4) is 0 Å². The zero-order valence-corrected chi connectivity index (χ0v) is 56.1. The molecule has 0 aromatic rings. The molecule has 0 aromatic carbocycles. The summed E-state index contributed by atoms with van der Waals surface area (Å²) in [6.45, 7) is 4.82. The van der Waals surface area contributed by atoms with Gasteiger partial charge in [-0.2, -0.15) is 0 Å². The number of carboxylic acids is 1. The summed E-state index contributed by atoms with van der Waals surface area (Å²) in [5, 5.41) is 11.8. The van der Waals surface area contributed by atoms with Gasteiger partial charge in [0.15, 0.2) is 12.4 Å². The van der Waals surface area contributed by atoms with Crippen molar-refractivity contribution < 1.29 is 42.9 Å². The summed E-state index contributed by atoms with van der Waals surface area (Å²) in [7, 11) is 5.95. The standard InChI is InChI=1S/C74H141NO8/c1-6-8-10-12-14-16-18-20-22-24-26-28-30-32-34-35-36-37-39-41-43-45-47-49-51-53-55-57-59-61-63-65-72(77)83-70(69-82-74(73(78)79)80-67-66-75(3,4)5)68-81-71(76)64-62-60-58-56-54-52-50-48-46-44-42-40-38-33-31-29-27-25-23-21-19-17-15-13-11-9-7-2/h24-27,70,74H,6-23,28-69H2,1-5H3/b26-24-,27-25-. The summed E-state index contributed by atoms with van der Waals surface area (Å²) in [4.78, 5) is 37.5. The van der Waals surface area contributed by atoms with Crippen molar-refractivity contribution in [3.05, 3.63) is 24.3 Å². The zero-order valence-electron chi connectivity index (χ0n) is 56.1. The van der Waals surface area contributed by atoms with Crippen LogP contribution in [0.15, 0.2) is 24.3 Å². The predicted octanol–water partition coefficient (Wildman–Crippen LogP) is 21.3. The number of allylic oxidation sites excluding steroid dienone is 4. The lowest BCUT2D eigenvalue weighted by atomic mass is 10.0. The Morgan fingerprint density at radius 1 is 0.349 bits per heavy atom. The molecule has 0 spiro atoms. The van der Waals surface area contributed by atoms with E-state index in [2.05, 4.69) is 38.2 Å². The summed E-state index contributed by atoms with van der Waals surface area (Å²) in [6.07, 6.45) is 78.5. The summed E-state index contributed by atoms with van der Waals surface area (Å²) >= 11 is 0. The largest absolute Gasteiger partial charge is 0.545 e. The third kappa shape index (κ3) is 67.1. The number of carbonyl (C=O) groups excluding carboxylic acids is 3. The molecule has 2 unspecified atom stereocenters. The summed E-state index contributed by atoms with van der Waals surface area (Å²) in [5.41, 5.74) is 0.